The van der Waals surface area contributed by atoms with E-state index >= 15 is 0 Å². The predicted molar refractivity (Wildman–Crippen MR) is 106 cm³/mol. The van der Waals surface area contributed by atoms with Crippen LogP contribution in [0.3, 0.4) is 0 Å². The molecule has 1 aliphatic rings. The summed E-state index contributed by atoms with van der Waals surface area (Å²) >= 11 is 0. The number of rotatable bonds is 3. The highest BCUT2D eigenvalue weighted by Gasteiger charge is 2.33. The van der Waals surface area contributed by atoms with Gasteiger partial charge < -0.3 is 14.2 Å². The molecule has 8 heteroatoms. The first-order chi connectivity index (χ1) is 14.1. The molecule has 30 heavy (non-hydrogen) atoms. The number of amides is 1. The molecule has 2 aromatic heterocycles. The second-order valence-corrected chi connectivity index (χ2v) is 7.32. The van der Waals surface area contributed by atoms with Crippen LogP contribution in [-0.2, 0) is 17.4 Å². The van der Waals surface area contributed by atoms with Gasteiger partial charge in [-0.2, -0.15) is 13.2 Å². The van der Waals surface area contributed by atoms with Crippen molar-refractivity contribution < 1.29 is 22.7 Å². The van der Waals surface area contributed by atoms with E-state index in [1.54, 1.807) is 13.1 Å². The Labute approximate surface area is 171 Å². The zero-order valence-corrected chi connectivity index (χ0v) is 16.7. The zero-order chi connectivity index (χ0) is 21.6. The Morgan fingerprint density at radius 1 is 1.03 bits per heavy atom. The average molecular weight is 415 g/mol. The molecule has 156 valence electrons. The van der Waals surface area contributed by atoms with E-state index < -0.39 is 11.9 Å². The number of hydrogen-bond acceptors (Lipinski definition) is 3. The summed E-state index contributed by atoms with van der Waals surface area (Å²) in [7, 11) is 1.64. The summed E-state index contributed by atoms with van der Waals surface area (Å²) in [5.41, 5.74) is 3.25. The molecule has 0 atom stereocenters. The fourth-order valence-corrected chi connectivity index (χ4v) is 3.78. The molecule has 0 saturated carbocycles. The third kappa shape index (κ3) is 3.53. The third-order valence-electron chi connectivity index (χ3n) is 5.21. The van der Waals surface area contributed by atoms with E-state index in [0.717, 1.165) is 28.7 Å². The largest absolute Gasteiger partial charge is 0.437 e. The fourth-order valence-electron chi connectivity index (χ4n) is 3.78. The predicted octanol–water partition coefficient (Wildman–Crippen LogP) is 5.21. The summed E-state index contributed by atoms with van der Waals surface area (Å²) in [4.78, 5) is 17.4. The number of carbonyl (C=O) groups is 1. The van der Waals surface area contributed by atoms with Crippen molar-refractivity contribution in [1.82, 2.24) is 9.55 Å². The number of pyridine rings is 1. The second kappa shape index (κ2) is 7.19. The van der Waals surface area contributed by atoms with E-state index in [-0.39, 0.29) is 17.5 Å². The maximum atomic E-state index is 13.1. The number of aryl methyl sites for hydroxylation is 3. The molecule has 3 aromatic rings. The number of halogens is 3. The highest BCUT2D eigenvalue weighted by atomic mass is 19.4. The van der Waals surface area contributed by atoms with Crippen LogP contribution in [0.2, 0.25) is 0 Å². The monoisotopic (exact) mass is 415 g/mol. The van der Waals surface area contributed by atoms with Crippen molar-refractivity contribution in [2.24, 2.45) is 0 Å². The molecule has 4 rings (SSSR count). The van der Waals surface area contributed by atoms with Gasteiger partial charge in [0.1, 0.15) is 5.69 Å². The van der Waals surface area contributed by atoms with Crippen molar-refractivity contribution in [3.63, 3.8) is 0 Å². The van der Waals surface area contributed by atoms with E-state index in [2.05, 4.69) is 4.98 Å². The van der Waals surface area contributed by atoms with E-state index in [0.29, 0.717) is 18.5 Å². The first-order valence-electron chi connectivity index (χ1n) is 9.46. The van der Waals surface area contributed by atoms with E-state index in [1.807, 2.05) is 36.6 Å². The third-order valence-corrected chi connectivity index (χ3v) is 5.21. The van der Waals surface area contributed by atoms with E-state index in [9.17, 15) is 18.0 Å². The molecular formula is C22H20F3N3O2. The van der Waals surface area contributed by atoms with Crippen LogP contribution in [-0.4, -0.2) is 22.5 Å². The van der Waals surface area contributed by atoms with Gasteiger partial charge in [-0.25, -0.2) is 4.98 Å². The average Bonchev–Trinajstić information content (AvgIpc) is 3.02. The number of aromatic nitrogens is 2. The van der Waals surface area contributed by atoms with Crippen LogP contribution in [0.15, 0.2) is 42.5 Å². The van der Waals surface area contributed by atoms with Crippen molar-refractivity contribution in [1.29, 1.82) is 0 Å². The minimum Gasteiger partial charge on any atom is -0.437 e. The van der Waals surface area contributed by atoms with Gasteiger partial charge in [0.2, 0.25) is 11.8 Å². The molecular weight excluding hydrogens is 395 g/mol. The van der Waals surface area contributed by atoms with Crippen molar-refractivity contribution in [3.8, 4) is 17.3 Å². The SMILES string of the molecule is Cc1ccc(C)n1-c1cc2c(c(Oc3cccc(C(F)(F)F)n3)c1)N(C)C(=O)CC2. The second-order valence-electron chi connectivity index (χ2n) is 7.32. The Balaban J connectivity index is 1.86. The van der Waals surface area contributed by atoms with Gasteiger partial charge in [-0.05, 0) is 50.1 Å². The number of alkyl halides is 3. The van der Waals surface area contributed by atoms with Crippen LogP contribution in [0.25, 0.3) is 5.69 Å². The van der Waals surface area contributed by atoms with Gasteiger partial charge in [-0.1, -0.05) is 6.07 Å². The summed E-state index contributed by atoms with van der Waals surface area (Å²) in [6.07, 6.45) is -3.69. The number of carbonyl (C=O) groups excluding carboxylic acids is 1. The van der Waals surface area contributed by atoms with Gasteiger partial charge in [-0.3, -0.25) is 4.79 Å². The first kappa shape index (κ1) is 20.0. The first-order valence-corrected chi connectivity index (χ1v) is 9.46. The Morgan fingerprint density at radius 3 is 2.40 bits per heavy atom. The van der Waals surface area contributed by atoms with Crippen LogP contribution in [0.4, 0.5) is 18.9 Å². The summed E-state index contributed by atoms with van der Waals surface area (Å²) in [6, 6.07) is 11.2. The van der Waals surface area contributed by atoms with Crippen LogP contribution in [0.1, 0.15) is 29.1 Å². The van der Waals surface area contributed by atoms with Crippen molar-refractivity contribution >= 4 is 11.6 Å². The molecule has 0 N–H and O–H groups in total. The number of benzene rings is 1. The lowest BCUT2D eigenvalue weighted by Crippen LogP contribution is -2.31. The van der Waals surface area contributed by atoms with Crippen molar-refractivity contribution in [3.05, 3.63) is 65.1 Å². The lowest BCUT2D eigenvalue weighted by Gasteiger charge is -2.29. The van der Waals surface area contributed by atoms with Gasteiger partial charge in [-0.15, -0.1) is 0 Å². The molecule has 0 aliphatic carbocycles. The Bertz CT molecular complexity index is 1120. The van der Waals surface area contributed by atoms with Crippen LogP contribution >= 0.6 is 0 Å². The van der Waals surface area contributed by atoms with Crippen LogP contribution in [0, 0.1) is 13.8 Å². The number of fused-ring (bicyclic) bond motifs is 1. The Morgan fingerprint density at radius 2 is 1.73 bits per heavy atom. The maximum absolute atomic E-state index is 13.1. The van der Waals surface area contributed by atoms with Crippen molar-refractivity contribution in [2.45, 2.75) is 32.9 Å². The molecule has 1 aliphatic heterocycles. The molecule has 5 nitrogen and oxygen atoms in total. The minimum absolute atomic E-state index is 0.0783. The highest BCUT2D eigenvalue weighted by Crippen LogP contribution is 2.41. The molecule has 0 radical (unpaired) electrons. The van der Waals surface area contributed by atoms with Gasteiger partial charge in [0, 0.05) is 42.7 Å². The summed E-state index contributed by atoms with van der Waals surface area (Å²) < 4.78 is 47.0. The van der Waals surface area contributed by atoms with Gasteiger partial charge in [0.25, 0.3) is 0 Å². The minimum atomic E-state index is -4.58. The van der Waals surface area contributed by atoms with Crippen LogP contribution in [0.5, 0.6) is 11.6 Å². The maximum Gasteiger partial charge on any atom is 0.433 e. The molecule has 3 heterocycles. The molecule has 0 spiro atoms. The molecule has 1 aromatic carbocycles. The van der Waals surface area contributed by atoms with Gasteiger partial charge in [0.05, 0.1) is 5.69 Å². The summed E-state index contributed by atoms with van der Waals surface area (Å²) in [5, 5.41) is 0. The number of anilines is 1. The molecule has 0 unspecified atom stereocenters. The zero-order valence-electron chi connectivity index (χ0n) is 16.7. The highest BCUT2D eigenvalue weighted by molar-refractivity contribution is 5.98. The number of ether oxygens (including phenoxy) is 1. The van der Waals surface area contributed by atoms with Gasteiger partial charge in [0.15, 0.2) is 5.75 Å². The molecule has 0 fully saturated rings. The van der Waals surface area contributed by atoms with Crippen LogP contribution < -0.4 is 9.64 Å². The smallest absolute Gasteiger partial charge is 0.433 e. The number of nitrogens with zero attached hydrogens (tertiary/aromatic N) is 3. The van der Waals surface area contributed by atoms with Gasteiger partial charge >= 0.3 is 6.18 Å². The lowest BCUT2D eigenvalue weighted by atomic mass is 10.00. The standard InChI is InChI=1S/C22H20F3N3O2/c1-13-7-8-14(2)28(13)16-11-15-9-10-20(29)27(3)21(15)17(12-16)30-19-6-4-5-18(26-19)22(23,24)25/h4-8,11-12H,9-10H2,1-3H3. The molecule has 1 amide bonds. The Kier molecular flexibility index (Phi) is 4.80. The lowest BCUT2D eigenvalue weighted by molar-refractivity contribution is -0.141. The number of hydrogen-bond donors (Lipinski definition) is 0. The normalized spacial score (nSPS) is 14.1. The van der Waals surface area contributed by atoms with E-state index in [1.165, 1.54) is 17.0 Å². The molecule has 0 saturated heterocycles. The van der Waals surface area contributed by atoms with E-state index in [4.69, 9.17) is 4.74 Å². The summed E-state index contributed by atoms with van der Waals surface area (Å²) in [5.74, 6) is 0.0272. The summed E-state index contributed by atoms with van der Waals surface area (Å²) in [6.45, 7) is 3.94. The van der Waals surface area contributed by atoms with Crippen molar-refractivity contribution in [2.75, 3.05) is 11.9 Å². The quantitative estimate of drug-likeness (QED) is 0.590. The topological polar surface area (TPSA) is 47.4 Å². The fraction of sp³-hybridized carbons (Fsp3) is 0.273. The molecule has 0 bridgehead atoms. The Hall–Kier alpha value is -3.29.